The van der Waals surface area contributed by atoms with E-state index in [4.69, 9.17) is 4.74 Å². The van der Waals surface area contributed by atoms with Gasteiger partial charge < -0.3 is 4.74 Å². The van der Waals surface area contributed by atoms with Gasteiger partial charge in [-0.25, -0.2) is 0 Å². The zero-order valence-corrected chi connectivity index (χ0v) is 9.21. The Morgan fingerprint density at radius 2 is 1.92 bits per heavy atom. The third-order valence-electron chi connectivity index (χ3n) is 1.34. The quantitative estimate of drug-likeness (QED) is 0.743. The molecule has 1 rings (SSSR count). The molecule has 0 N–H and O–H groups in total. The predicted molar refractivity (Wildman–Crippen MR) is 49.3 cm³/mol. The monoisotopic (exact) mass is 233 g/mol. The summed E-state index contributed by atoms with van der Waals surface area (Å²) in [6.45, 7) is 6.08. The van der Waals surface area contributed by atoms with E-state index >= 15 is 0 Å². The molecule has 1 aromatic rings. The molecular formula is C7H12BrN3O. The van der Waals surface area contributed by atoms with Crippen molar-refractivity contribution in [1.82, 2.24) is 15.0 Å². The maximum atomic E-state index is 4.98. The molecule has 1 aromatic heterocycles. The van der Waals surface area contributed by atoms with Gasteiger partial charge in [0.05, 0.1) is 12.6 Å². The smallest absolute Gasteiger partial charge is 0.268 e. The molecule has 1 heterocycles. The second-order valence-corrected chi connectivity index (χ2v) is 4.21. The van der Waals surface area contributed by atoms with Crippen molar-refractivity contribution in [2.24, 2.45) is 0 Å². The SMILES string of the molecule is COc1nn(C(C)(C)C)nc1Br. The van der Waals surface area contributed by atoms with Crippen LogP contribution < -0.4 is 4.74 Å². The fraction of sp³-hybridized carbons (Fsp3) is 0.714. The molecule has 0 aromatic carbocycles. The standard InChI is InChI=1S/C7H12BrN3O/c1-7(2,3)11-9-5(8)6(10-11)12-4/h1-4H3. The summed E-state index contributed by atoms with van der Waals surface area (Å²) in [4.78, 5) is 1.62. The second kappa shape index (κ2) is 3.05. The number of halogens is 1. The van der Waals surface area contributed by atoms with Crippen LogP contribution in [0.2, 0.25) is 0 Å². The molecule has 4 nitrogen and oxygen atoms in total. The summed E-state index contributed by atoms with van der Waals surface area (Å²) >= 11 is 3.25. The first-order chi connectivity index (χ1) is 5.45. The molecule has 12 heavy (non-hydrogen) atoms. The Labute approximate surface area is 80.0 Å². The van der Waals surface area contributed by atoms with Crippen LogP contribution in [0.1, 0.15) is 20.8 Å². The maximum absolute atomic E-state index is 4.98. The van der Waals surface area contributed by atoms with Gasteiger partial charge in [-0.1, -0.05) is 0 Å². The Kier molecular flexibility index (Phi) is 2.41. The lowest BCUT2D eigenvalue weighted by Crippen LogP contribution is -2.24. The number of methoxy groups -OCH3 is 1. The summed E-state index contributed by atoms with van der Waals surface area (Å²) in [6, 6.07) is 0. The molecule has 0 amide bonds. The number of hydrogen-bond donors (Lipinski definition) is 0. The molecule has 0 aliphatic rings. The third kappa shape index (κ3) is 1.77. The average Bonchev–Trinajstić information content (AvgIpc) is 2.29. The number of ether oxygens (including phenoxy) is 1. The largest absolute Gasteiger partial charge is 0.478 e. The Morgan fingerprint density at radius 1 is 1.33 bits per heavy atom. The van der Waals surface area contributed by atoms with E-state index in [1.54, 1.807) is 11.9 Å². The van der Waals surface area contributed by atoms with E-state index in [1.165, 1.54) is 0 Å². The molecule has 0 bridgehead atoms. The lowest BCUT2D eigenvalue weighted by Gasteiger charge is -2.16. The van der Waals surface area contributed by atoms with Crippen molar-refractivity contribution in [2.75, 3.05) is 7.11 Å². The number of hydrogen-bond acceptors (Lipinski definition) is 3. The van der Waals surface area contributed by atoms with E-state index < -0.39 is 0 Å². The molecule has 0 radical (unpaired) electrons. The summed E-state index contributed by atoms with van der Waals surface area (Å²) in [5, 5.41) is 8.29. The molecule has 68 valence electrons. The molecule has 0 unspecified atom stereocenters. The number of rotatable bonds is 1. The average molecular weight is 234 g/mol. The van der Waals surface area contributed by atoms with Gasteiger partial charge in [-0.2, -0.15) is 4.80 Å². The van der Waals surface area contributed by atoms with Crippen LogP contribution in [0.25, 0.3) is 0 Å². The van der Waals surface area contributed by atoms with Gasteiger partial charge in [0.2, 0.25) is 0 Å². The van der Waals surface area contributed by atoms with Crippen molar-refractivity contribution < 1.29 is 4.74 Å². The molecule has 0 fully saturated rings. The summed E-state index contributed by atoms with van der Waals surface area (Å²) < 4.78 is 5.62. The molecule has 0 aliphatic carbocycles. The minimum Gasteiger partial charge on any atom is -0.478 e. The Morgan fingerprint density at radius 3 is 2.17 bits per heavy atom. The predicted octanol–water partition coefficient (Wildman–Crippen LogP) is 1.80. The number of aromatic nitrogens is 3. The zero-order valence-electron chi connectivity index (χ0n) is 7.63. The van der Waals surface area contributed by atoms with Crippen LogP contribution in [-0.2, 0) is 5.54 Å². The molecule has 0 atom stereocenters. The first-order valence-electron chi connectivity index (χ1n) is 3.62. The van der Waals surface area contributed by atoms with Gasteiger partial charge in [0.1, 0.15) is 0 Å². The second-order valence-electron chi connectivity index (χ2n) is 3.46. The van der Waals surface area contributed by atoms with Crippen LogP contribution in [0.4, 0.5) is 0 Å². The third-order valence-corrected chi connectivity index (χ3v) is 1.84. The first kappa shape index (κ1) is 9.51. The van der Waals surface area contributed by atoms with E-state index in [1.807, 2.05) is 20.8 Å². The van der Waals surface area contributed by atoms with Crippen LogP contribution in [0, 0.1) is 0 Å². The Balaban J connectivity index is 3.05. The van der Waals surface area contributed by atoms with Crippen LogP contribution in [0.5, 0.6) is 5.88 Å². The van der Waals surface area contributed by atoms with Gasteiger partial charge in [0, 0.05) is 0 Å². The van der Waals surface area contributed by atoms with Crippen molar-refractivity contribution in [3.05, 3.63) is 4.60 Å². The van der Waals surface area contributed by atoms with Gasteiger partial charge >= 0.3 is 0 Å². The highest BCUT2D eigenvalue weighted by Gasteiger charge is 2.18. The molecule has 0 spiro atoms. The van der Waals surface area contributed by atoms with E-state index in [-0.39, 0.29) is 5.54 Å². The molecule has 0 saturated carbocycles. The van der Waals surface area contributed by atoms with Crippen LogP contribution in [0.15, 0.2) is 4.60 Å². The summed E-state index contributed by atoms with van der Waals surface area (Å²) in [7, 11) is 1.57. The normalized spacial score (nSPS) is 11.8. The Hall–Kier alpha value is -0.580. The topological polar surface area (TPSA) is 39.9 Å². The lowest BCUT2D eigenvalue weighted by atomic mass is 10.1. The molecular weight excluding hydrogens is 222 g/mol. The summed E-state index contributed by atoms with van der Waals surface area (Å²) in [5.74, 6) is 0.518. The van der Waals surface area contributed by atoms with Gasteiger partial charge in [-0.05, 0) is 36.7 Å². The van der Waals surface area contributed by atoms with E-state index in [2.05, 4.69) is 26.1 Å². The van der Waals surface area contributed by atoms with Gasteiger partial charge in [-0.15, -0.1) is 10.2 Å². The number of nitrogens with zero attached hydrogens (tertiary/aromatic N) is 3. The molecule has 0 aliphatic heterocycles. The maximum Gasteiger partial charge on any atom is 0.268 e. The summed E-state index contributed by atoms with van der Waals surface area (Å²) in [6.07, 6.45) is 0. The fourth-order valence-electron chi connectivity index (χ4n) is 0.701. The lowest BCUT2D eigenvalue weighted by molar-refractivity contribution is 0.299. The van der Waals surface area contributed by atoms with E-state index in [9.17, 15) is 0 Å². The minimum absolute atomic E-state index is 0.112. The van der Waals surface area contributed by atoms with Crippen LogP contribution in [0.3, 0.4) is 0 Å². The van der Waals surface area contributed by atoms with Crippen molar-refractivity contribution in [3.8, 4) is 5.88 Å². The van der Waals surface area contributed by atoms with Crippen molar-refractivity contribution in [2.45, 2.75) is 26.3 Å². The molecule has 0 saturated heterocycles. The van der Waals surface area contributed by atoms with E-state index in [0.29, 0.717) is 10.5 Å². The van der Waals surface area contributed by atoms with Gasteiger partial charge in [0.25, 0.3) is 5.88 Å². The van der Waals surface area contributed by atoms with Gasteiger partial charge in [-0.3, -0.25) is 0 Å². The van der Waals surface area contributed by atoms with Gasteiger partial charge in [0.15, 0.2) is 4.60 Å². The molecule has 5 heteroatoms. The highest BCUT2D eigenvalue weighted by molar-refractivity contribution is 9.10. The van der Waals surface area contributed by atoms with Crippen molar-refractivity contribution >= 4 is 15.9 Å². The highest BCUT2D eigenvalue weighted by Crippen LogP contribution is 2.22. The van der Waals surface area contributed by atoms with Crippen molar-refractivity contribution in [3.63, 3.8) is 0 Å². The first-order valence-corrected chi connectivity index (χ1v) is 4.42. The summed E-state index contributed by atoms with van der Waals surface area (Å²) in [5.41, 5.74) is -0.112. The van der Waals surface area contributed by atoms with E-state index in [0.717, 1.165) is 0 Å². The highest BCUT2D eigenvalue weighted by atomic mass is 79.9. The Bertz CT molecular complexity index is 277. The van der Waals surface area contributed by atoms with Crippen molar-refractivity contribution in [1.29, 1.82) is 0 Å². The fourth-order valence-corrected chi connectivity index (χ4v) is 1.09. The zero-order chi connectivity index (χ0) is 9.35. The van der Waals surface area contributed by atoms with Crippen LogP contribution >= 0.6 is 15.9 Å². The van der Waals surface area contributed by atoms with Crippen LogP contribution in [-0.4, -0.2) is 22.1 Å². The minimum atomic E-state index is -0.112.